The number of para-hydroxylation sites is 2. The van der Waals surface area contributed by atoms with E-state index in [2.05, 4.69) is 18.3 Å². The maximum atomic E-state index is 13.2. The Labute approximate surface area is 157 Å². The van der Waals surface area contributed by atoms with Crippen molar-refractivity contribution in [2.45, 2.75) is 45.2 Å². The Hall–Kier alpha value is -2.40. The lowest BCUT2D eigenvalue weighted by molar-refractivity contribution is 0.0973. The van der Waals surface area contributed by atoms with Crippen LogP contribution >= 0.6 is 11.3 Å². The minimum absolute atomic E-state index is 0.0406. The maximum Gasteiger partial charge on any atom is 0.263 e. The van der Waals surface area contributed by atoms with E-state index in [4.69, 9.17) is 4.98 Å². The molecule has 4 nitrogen and oxygen atoms in total. The molecule has 2 heterocycles. The lowest BCUT2D eigenvalue weighted by Crippen LogP contribution is -2.49. The van der Waals surface area contributed by atoms with Crippen LogP contribution in [-0.2, 0) is 0 Å². The van der Waals surface area contributed by atoms with Crippen LogP contribution in [0.4, 0.5) is 10.8 Å². The number of unbranched alkanes of at least 4 members (excludes halogenated alkanes) is 3. The van der Waals surface area contributed by atoms with Gasteiger partial charge < -0.3 is 5.32 Å². The number of aromatic nitrogens is 1. The smallest absolute Gasteiger partial charge is 0.263 e. The number of thiazole rings is 1. The lowest BCUT2D eigenvalue weighted by atomic mass is 10.0. The number of carbonyl (C=O) groups is 1. The fourth-order valence-corrected chi connectivity index (χ4v) is 4.47. The summed E-state index contributed by atoms with van der Waals surface area (Å²) < 4.78 is 1.11. The van der Waals surface area contributed by atoms with Gasteiger partial charge in [-0.2, -0.15) is 0 Å². The molecule has 0 saturated carbocycles. The highest BCUT2D eigenvalue weighted by molar-refractivity contribution is 7.22. The summed E-state index contributed by atoms with van der Waals surface area (Å²) in [6.07, 6.45) is 5.62. The van der Waals surface area contributed by atoms with E-state index in [9.17, 15) is 4.79 Å². The highest BCUT2D eigenvalue weighted by Gasteiger charge is 2.34. The summed E-state index contributed by atoms with van der Waals surface area (Å²) in [6, 6.07) is 15.8. The lowest BCUT2D eigenvalue weighted by Gasteiger charge is -2.36. The number of amides is 1. The van der Waals surface area contributed by atoms with Gasteiger partial charge in [0.05, 0.1) is 15.8 Å². The molecule has 1 amide bonds. The molecule has 1 unspecified atom stereocenters. The Morgan fingerprint density at radius 1 is 1.08 bits per heavy atom. The van der Waals surface area contributed by atoms with Crippen LogP contribution in [0.15, 0.2) is 48.5 Å². The summed E-state index contributed by atoms with van der Waals surface area (Å²) in [7, 11) is 0. The van der Waals surface area contributed by atoms with Crippen molar-refractivity contribution in [2.24, 2.45) is 0 Å². The number of rotatable bonds is 6. The van der Waals surface area contributed by atoms with Gasteiger partial charge >= 0.3 is 0 Å². The van der Waals surface area contributed by atoms with Gasteiger partial charge in [0.1, 0.15) is 6.17 Å². The summed E-state index contributed by atoms with van der Waals surface area (Å²) >= 11 is 1.58. The number of fused-ring (bicyclic) bond motifs is 2. The molecule has 0 saturated heterocycles. The molecule has 0 radical (unpaired) electrons. The first-order chi connectivity index (χ1) is 12.8. The van der Waals surface area contributed by atoms with Crippen molar-refractivity contribution >= 4 is 38.3 Å². The van der Waals surface area contributed by atoms with E-state index in [0.29, 0.717) is 0 Å². The third kappa shape index (κ3) is 3.19. The van der Waals surface area contributed by atoms with Gasteiger partial charge in [-0.3, -0.25) is 9.69 Å². The molecule has 0 aliphatic carbocycles. The third-order valence-electron chi connectivity index (χ3n) is 4.83. The van der Waals surface area contributed by atoms with Crippen LogP contribution in [0.1, 0.15) is 49.4 Å². The van der Waals surface area contributed by atoms with E-state index in [1.54, 1.807) is 11.3 Å². The molecule has 1 aliphatic heterocycles. The van der Waals surface area contributed by atoms with Gasteiger partial charge in [-0.05, 0) is 37.1 Å². The van der Waals surface area contributed by atoms with Gasteiger partial charge in [0.15, 0.2) is 5.13 Å². The van der Waals surface area contributed by atoms with Crippen LogP contribution in [0.2, 0.25) is 0 Å². The Kier molecular flexibility index (Phi) is 4.89. The van der Waals surface area contributed by atoms with Crippen molar-refractivity contribution in [1.82, 2.24) is 4.98 Å². The molecule has 1 atom stereocenters. The summed E-state index contributed by atoms with van der Waals surface area (Å²) in [4.78, 5) is 19.8. The number of hydrogen-bond acceptors (Lipinski definition) is 4. The molecule has 5 heteroatoms. The average molecular weight is 366 g/mol. The van der Waals surface area contributed by atoms with Crippen LogP contribution in [0.5, 0.6) is 0 Å². The summed E-state index contributed by atoms with van der Waals surface area (Å²) in [5.74, 6) is 0.0406. The number of benzene rings is 2. The number of nitrogens with one attached hydrogen (secondary N) is 1. The number of carbonyl (C=O) groups excluding carboxylic acids is 1. The Morgan fingerprint density at radius 3 is 2.73 bits per heavy atom. The molecule has 0 spiro atoms. The van der Waals surface area contributed by atoms with Crippen molar-refractivity contribution in [1.29, 1.82) is 0 Å². The Morgan fingerprint density at radius 2 is 1.88 bits per heavy atom. The Balaban J connectivity index is 1.68. The van der Waals surface area contributed by atoms with Crippen molar-refractivity contribution < 1.29 is 4.79 Å². The number of hydrogen-bond donors (Lipinski definition) is 1. The molecule has 2 aromatic carbocycles. The van der Waals surface area contributed by atoms with Gasteiger partial charge in [0.2, 0.25) is 0 Å². The van der Waals surface area contributed by atoms with Crippen molar-refractivity contribution in [3.8, 4) is 0 Å². The van der Waals surface area contributed by atoms with Crippen molar-refractivity contribution in [3.63, 3.8) is 0 Å². The zero-order valence-corrected chi connectivity index (χ0v) is 15.8. The first-order valence-corrected chi connectivity index (χ1v) is 10.1. The molecule has 1 N–H and O–H groups in total. The van der Waals surface area contributed by atoms with Gasteiger partial charge in [0.25, 0.3) is 5.91 Å². The monoisotopic (exact) mass is 365 g/mol. The minimum Gasteiger partial charge on any atom is -0.364 e. The molecule has 0 bridgehead atoms. The second-order valence-corrected chi connectivity index (χ2v) is 7.70. The molecular formula is C21H23N3OS. The third-order valence-corrected chi connectivity index (χ3v) is 5.87. The van der Waals surface area contributed by atoms with Gasteiger partial charge in [-0.25, -0.2) is 4.98 Å². The predicted octanol–water partition coefficient (Wildman–Crippen LogP) is 5.67. The Bertz CT molecular complexity index is 887. The zero-order chi connectivity index (χ0) is 17.9. The van der Waals surface area contributed by atoms with Crippen LogP contribution in [-0.4, -0.2) is 17.1 Å². The van der Waals surface area contributed by atoms with E-state index < -0.39 is 0 Å². The van der Waals surface area contributed by atoms with E-state index in [0.717, 1.165) is 39.4 Å². The second-order valence-electron chi connectivity index (χ2n) is 6.69. The molecule has 4 rings (SSSR count). The number of nitrogens with zero attached hydrogens (tertiary/aromatic N) is 2. The standard InChI is InChI=1S/C21H23N3OS/c1-2-3-4-5-14-19-22-16-11-7-6-10-15(16)20(25)24(19)21-23-17-12-8-9-13-18(17)26-21/h6-13,19,22H,2-5,14H2,1H3. The van der Waals surface area contributed by atoms with Gasteiger partial charge in [0, 0.05) is 5.69 Å². The quantitative estimate of drug-likeness (QED) is 0.573. The molecular weight excluding hydrogens is 342 g/mol. The van der Waals surface area contributed by atoms with Crippen LogP contribution in [0.3, 0.4) is 0 Å². The van der Waals surface area contributed by atoms with E-state index in [1.807, 2.05) is 47.4 Å². The molecule has 26 heavy (non-hydrogen) atoms. The molecule has 0 fully saturated rings. The van der Waals surface area contributed by atoms with E-state index >= 15 is 0 Å². The zero-order valence-electron chi connectivity index (χ0n) is 14.9. The first-order valence-electron chi connectivity index (χ1n) is 9.32. The largest absolute Gasteiger partial charge is 0.364 e. The molecule has 1 aliphatic rings. The fraction of sp³-hybridized carbons (Fsp3) is 0.333. The molecule has 134 valence electrons. The van der Waals surface area contributed by atoms with Gasteiger partial charge in [-0.15, -0.1) is 0 Å². The fourth-order valence-electron chi connectivity index (χ4n) is 3.46. The minimum atomic E-state index is -0.0465. The first kappa shape index (κ1) is 17.0. The average Bonchev–Trinajstić information content (AvgIpc) is 3.09. The van der Waals surface area contributed by atoms with Gasteiger partial charge in [-0.1, -0.05) is 61.8 Å². The normalized spacial score (nSPS) is 16.6. The van der Waals surface area contributed by atoms with Crippen LogP contribution in [0.25, 0.3) is 10.2 Å². The predicted molar refractivity (Wildman–Crippen MR) is 109 cm³/mol. The highest BCUT2D eigenvalue weighted by atomic mass is 32.1. The van der Waals surface area contributed by atoms with Crippen molar-refractivity contribution in [3.05, 3.63) is 54.1 Å². The molecule has 3 aromatic rings. The topological polar surface area (TPSA) is 45.2 Å². The summed E-state index contributed by atoms with van der Waals surface area (Å²) in [6.45, 7) is 2.21. The molecule has 1 aromatic heterocycles. The van der Waals surface area contributed by atoms with Crippen molar-refractivity contribution in [2.75, 3.05) is 10.2 Å². The highest BCUT2D eigenvalue weighted by Crippen LogP contribution is 2.35. The van der Waals surface area contributed by atoms with Crippen LogP contribution in [0, 0.1) is 0 Å². The summed E-state index contributed by atoms with van der Waals surface area (Å²) in [5, 5.41) is 4.35. The SMILES string of the molecule is CCCCCCC1Nc2ccccc2C(=O)N1c1nc2ccccc2s1. The van der Waals surface area contributed by atoms with E-state index in [1.165, 1.54) is 19.3 Å². The number of anilines is 2. The maximum absolute atomic E-state index is 13.2. The summed E-state index contributed by atoms with van der Waals surface area (Å²) in [5.41, 5.74) is 2.59. The second kappa shape index (κ2) is 7.46. The van der Waals surface area contributed by atoms with Crippen LogP contribution < -0.4 is 10.2 Å². The van der Waals surface area contributed by atoms with E-state index in [-0.39, 0.29) is 12.1 Å².